The summed E-state index contributed by atoms with van der Waals surface area (Å²) in [6, 6.07) is 16.0. The van der Waals surface area contributed by atoms with Gasteiger partial charge in [0, 0.05) is 24.5 Å². The maximum atomic E-state index is 13.0. The van der Waals surface area contributed by atoms with Crippen LogP contribution in [0.15, 0.2) is 54.6 Å². The molecule has 1 fully saturated rings. The molecule has 2 aromatic heterocycles. The molecule has 0 saturated carbocycles. The topological polar surface area (TPSA) is 97.2 Å². The van der Waals surface area contributed by atoms with E-state index in [4.69, 9.17) is 0 Å². The Morgan fingerprint density at radius 2 is 1.81 bits per heavy atom. The highest BCUT2D eigenvalue weighted by molar-refractivity contribution is 7.20. The van der Waals surface area contributed by atoms with Crippen LogP contribution in [0.5, 0.6) is 0 Å². The molecule has 31 heavy (non-hydrogen) atoms. The summed E-state index contributed by atoms with van der Waals surface area (Å²) in [4.78, 5) is 42.7. The molecular formula is C22H17N5O3S. The zero-order valence-corrected chi connectivity index (χ0v) is 17.3. The van der Waals surface area contributed by atoms with E-state index in [9.17, 15) is 14.4 Å². The first-order valence-corrected chi connectivity index (χ1v) is 10.5. The largest absolute Gasteiger partial charge is 0.306 e. The van der Waals surface area contributed by atoms with Crippen LogP contribution in [0.4, 0.5) is 11.5 Å². The van der Waals surface area contributed by atoms with E-state index in [1.165, 1.54) is 11.3 Å². The molecule has 1 N–H and O–H groups in total. The second-order valence-electron chi connectivity index (χ2n) is 7.17. The number of aromatic nitrogens is 3. The molecule has 1 saturated heterocycles. The summed E-state index contributed by atoms with van der Waals surface area (Å²) in [5, 5.41) is 7.99. The molecular weight excluding hydrogens is 414 g/mol. The molecule has 1 aliphatic heterocycles. The van der Waals surface area contributed by atoms with Crippen LogP contribution in [0, 0.1) is 6.92 Å². The van der Waals surface area contributed by atoms with Gasteiger partial charge in [0.15, 0.2) is 0 Å². The Hall–Kier alpha value is -3.85. The number of fused-ring (bicyclic) bond motifs is 1. The van der Waals surface area contributed by atoms with Crippen molar-refractivity contribution in [1.29, 1.82) is 0 Å². The number of nitrogens with one attached hydrogen (secondary N) is 1. The SMILES string of the molecule is Cc1cc(NC(=O)c2cccc(N3C(=O)CCC3=O)c2)n(-c2nc3ccccc3s2)n1. The zero-order valence-electron chi connectivity index (χ0n) is 16.5. The summed E-state index contributed by atoms with van der Waals surface area (Å²) in [7, 11) is 0. The van der Waals surface area contributed by atoms with Gasteiger partial charge in [-0.2, -0.15) is 9.78 Å². The van der Waals surface area contributed by atoms with Crippen LogP contribution in [-0.4, -0.2) is 32.5 Å². The average molecular weight is 431 g/mol. The first-order chi connectivity index (χ1) is 15.0. The van der Waals surface area contributed by atoms with Crippen LogP contribution in [0.3, 0.4) is 0 Å². The van der Waals surface area contributed by atoms with Crippen molar-refractivity contribution >= 4 is 50.8 Å². The van der Waals surface area contributed by atoms with E-state index in [1.54, 1.807) is 35.0 Å². The number of thiazole rings is 1. The fraction of sp³-hybridized carbons (Fsp3) is 0.136. The predicted molar refractivity (Wildman–Crippen MR) is 118 cm³/mol. The lowest BCUT2D eigenvalue weighted by atomic mass is 10.1. The van der Waals surface area contributed by atoms with E-state index in [2.05, 4.69) is 15.4 Å². The van der Waals surface area contributed by atoms with Crippen molar-refractivity contribution in [3.8, 4) is 5.13 Å². The van der Waals surface area contributed by atoms with Crippen molar-refractivity contribution in [3.05, 3.63) is 65.9 Å². The Morgan fingerprint density at radius 3 is 2.58 bits per heavy atom. The fourth-order valence-corrected chi connectivity index (χ4v) is 4.46. The third kappa shape index (κ3) is 3.49. The number of benzene rings is 2. The highest BCUT2D eigenvalue weighted by Gasteiger charge is 2.30. The molecule has 5 rings (SSSR count). The van der Waals surface area contributed by atoms with E-state index in [1.807, 2.05) is 31.2 Å². The van der Waals surface area contributed by atoms with Crippen LogP contribution in [-0.2, 0) is 9.59 Å². The zero-order chi connectivity index (χ0) is 21.5. The number of rotatable bonds is 4. The number of amides is 3. The molecule has 4 aromatic rings. The molecule has 9 heteroatoms. The monoisotopic (exact) mass is 431 g/mol. The molecule has 0 atom stereocenters. The Labute approximate surface area is 181 Å². The Kier molecular flexibility index (Phi) is 4.59. The quantitative estimate of drug-likeness (QED) is 0.497. The van der Waals surface area contributed by atoms with Gasteiger partial charge in [-0.15, -0.1) is 0 Å². The number of imide groups is 1. The van der Waals surface area contributed by atoms with Crippen LogP contribution >= 0.6 is 11.3 Å². The number of carbonyl (C=O) groups is 3. The molecule has 0 radical (unpaired) electrons. The molecule has 3 amide bonds. The van der Waals surface area contributed by atoms with Crippen molar-refractivity contribution in [2.24, 2.45) is 0 Å². The van der Waals surface area contributed by atoms with Gasteiger partial charge in [0.25, 0.3) is 5.91 Å². The molecule has 8 nitrogen and oxygen atoms in total. The van der Waals surface area contributed by atoms with Crippen molar-refractivity contribution < 1.29 is 14.4 Å². The van der Waals surface area contributed by atoms with Gasteiger partial charge in [-0.1, -0.05) is 29.5 Å². The van der Waals surface area contributed by atoms with Crippen LogP contribution in [0.2, 0.25) is 0 Å². The maximum Gasteiger partial charge on any atom is 0.256 e. The second kappa shape index (κ2) is 7.44. The highest BCUT2D eigenvalue weighted by Crippen LogP contribution is 2.28. The summed E-state index contributed by atoms with van der Waals surface area (Å²) < 4.78 is 2.63. The van der Waals surface area contributed by atoms with Crippen molar-refractivity contribution in [1.82, 2.24) is 14.8 Å². The standard InChI is InChI=1S/C22H17N5O3S/c1-13-11-18(27(25-13)22-23-16-7-2-3-8-17(16)31-22)24-21(30)14-5-4-6-15(12-14)26-19(28)9-10-20(26)29/h2-8,11-12H,9-10H2,1H3,(H,24,30). The number of aryl methyl sites for hydroxylation is 1. The average Bonchev–Trinajstić information content (AvgIpc) is 3.44. The maximum absolute atomic E-state index is 13.0. The summed E-state index contributed by atoms with van der Waals surface area (Å²) in [6.07, 6.45) is 0.381. The fourth-order valence-electron chi connectivity index (χ4n) is 3.52. The Balaban J connectivity index is 1.45. The first kappa shape index (κ1) is 19.1. The molecule has 0 unspecified atom stereocenters. The van der Waals surface area contributed by atoms with Gasteiger partial charge in [-0.3, -0.25) is 19.3 Å². The third-order valence-electron chi connectivity index (χ3n) is 4.95. The van der Waals surface area contributed by atoms with Crippen LogP contribution in [0.1, 0.15) is 28.9 Å². The molecule has 3 heterocycles. The van der Waals surface area contributed by atoms with Crippen LogP contribution < -0.4 is 10.2 Å². The number of hydrogen-bond donors (Lipinski definition) is 1. The molecule has 154 valence electrons. The lowest BCUT2D eigenvalue weighted by molar-refractivity contribution is -0.121. The smallest absolute Gasteiger partial charge is 0.256 e. The van der Waals surface area contributed by atoms with Gasteiger partial charge in [-0.25, -0.2) is 4.98 Å². The van der Waals surface area contributed by atoms with Gasteiger partial charge in [0.05, 0.1) is 21.6 Å². The van der Waals surface area contributed by atoms with E-state index < -0.39 is 0 Å². The molecule has 0 aliphatic carbocycles. The summed E-state index contributed by atoms with van der Waals surface area (Å²) in [5.74, 6) is -0.400. The van der Waals surface area contributed by atoms with E-state index >= 15 is 0 Å². The summed E-state index contributed by atoms with van der Waals surface area (Å²) in [5.41, 5.74) is 2.33. The number of anilines is 2. The lowest BCUT2D eigenvalue weighted by Crippen LogP contribution is -2.28. The van der Waals surface area contributed by atoms with Gasteiger partial charge in [0.2, 0.25) is 16.9 Å². The van der Waals surface area contributed by atoms with Crippen molar-refractivity contribution in [2.45, 2.75) is 19.8 Å². The Morgan fingerprint density at radius 1 is 1.03 bits per heavy atom. The number of para-hydroxylation sites is 1. The summed E-state index contributed by atoms with van der Waals surface area (Å²) >= 11 is 1.48. The van der Waals surface area contributed by atoms with Gasteiger partial charge >= 0.3 is 0 Å². The van der Waals surface area contributed by atoms with Crippen LogP contribution in [0.25, 0.3) is 15.3 Å². The molecule has 2 aromatic carbocycles. The minimum atomic E-state index is -0.372. The molecule has 0 bridgehead atoms. The second-order valence-corrected chi connectivity index (χ2v) is 8.18. The number of carbonyl (C=O) groups excluding carboxylic acids is 3. The normalized spacial score (nSPS) is 13.9. The third-order valence-corrected chi connectivity index (χ3v) is 5.97. The van der Waals surface area contributed by atoms with Crippen molar-refractivity contribution in [3.63, 3.8) is 0 Å². The predicted octanol–water partition coefficient (Wildman–Crippen LogP) is 3.70. The van der Waals surface area contributed by atoms with Gasteiger partial charge < -0.3 is 5.32 Å². The van der Waals surface area contributed by atoms with Crippen molar-refractivity contribution in [2.75, 3.05) is 10.2 Å². The lowest BCUT2D eigenvalue weighted by Gasteiger charge is -2.15. The number of hydrogen-bond acceptors (Lipinski definition) is 6. The molecule has 0 spiro atoms. The highest BCUT2D eigenvalue weighted by atomic mass is 32.1. The van der Waals surface area contributed by atoms with E-state index in [0.29, 0.717) is 22.2 Å². The van der Waals surface area contributed by atoms with E-state index in [-0.39, 0.29) is 30.6 Å². The number of nitrogens with zero attached hydrogens (tertiary/aromatic N) is 4. The Bertz CT molecular complexity index is 1310. The first-order valence-electron chi connectivity index (χ1n) is 9.69. The summed E-state index contributed by atoms with van der Waals surface area (Å²) in [6.45, 7) is 1.84. The van der Waals surface area contributed by atoms with Gasteiger partial charge in [-0.05, 0) is 37.3 Å². The van der Waals surface area contributed by atoms with E-state index in [0.717, 1.165) is 20.8 Å². The minimum Gasteiger partial charge on any atom is -0.306 e. The minimum absolute atomic E-state index is 0.190. The van der Waals surface area contributed by atoms with Gasteiger partial charge in [0.1, 0.15) is 5.82 Å². The molecule has 1 aliphatic rings.